The molecule has 6 nitrogen and oxygen atoms in total. The van der Waals surface area contributed by atoms with Gasteiger partial charge < -0.3 is 10.1 Å². The molecule has 0 saturated heterocycles. The van der Waals surface area contributed by atoms with Crippen molar-refractivity contribution >= 4 is 28.2 Å². The lowest BCUT2D eigenvalue weighted by Gasteiger charge is -2.04. The van der Waals surface area contributed by atoms with E-state index in [1.807, 2.05) is 6.07 Å². The molecule has 0 bridgehead atoms. The van der Waals surface area contributed by atoms with E-state index < -0.39 is 18.5 Å². The van der Waals surface area contributed by atoms with E-state index in [0.29, 0.717) is 10.6 Å². The zero-order valence-corrected chi connectivity index (χ0v) is 11.0. The van der Waals surface area contributed by atoms with Crippen LogP contribution in [0.25, 0.3) is 0 Å². The van der Waals surface area contributed by atoms with E-state index in [1.54, 1.807) is 23.6 Å². The summed E-state index contributed by atoms with van der Waals surface area (Å²) in [5.41, 5.74) is 0.508. The van der Waals surface area contributed by atoms with E-state index in [1.165, 1.54) is 23.6 Å². The molecule has 0 spiro atoms. The summed E-state index contributed by atoms with van der Waals surface area (Å²) in [7, 11) is 0. The predicted octanol–water partition coefficient (Wildman–Crippen LogP) is 1.81. The number of aromatic nitrogens is 1. The number of hydrogen-bond acceptors (Lipinski definition) is 6. The molecule has 0 aromatic carbocycles. The minimum atomic E-state index is -0.674. The molecule has 2 heterocycles. The molecule has 0 aliphatic heterocycles. The number of ether oxygens (including phenoxy) is 1. The molecule has 1 N–H and O–H groups in total. The van der Waals surface area contributed by atoms with Gasteiger partial charge in [-0.2, -0.15) is 5.26 Å². The third-order valence-electron chi connectivity index (χ3n) is 2.25. The summed E-state index contributed by atoms with van der Waals surface area (Å²) in [6.45, 7) is -0.432. The van der Waals surface area contributed by atoms with E-state index in [9.17, 15) is 9.59 Å². The molecule has 0 radical (unpaired) electrons. The van der Waals surface area contributed by atoms with Crippen molar-refractivity contribution in [3.63, 3.8) is 0 Å². The van der Waals surface area contributed by atoms with Gasteiger partial charge in [0.25, 0.3) is 5.91 Å². The van der Waals surface area contributed by atoms with Crippen LogP contribution in [0.4, 0.5) is 5.00 Å². The first-order valence-corrected chi connectivity index (χ1v) is 6.44. The first-order valence-electron chi connectivity index (χ1n) is 5.56. The third-order valence-corrected chi connectivity index (χ3v) is 3.08. The lowest BCUT2D eigenvalue weighted by Crippen LogP contribution is -2.21. The Labute approximate surface area is 118 Å². The molecule has 20 heavy (non-hydrogen) atoms. The van der Waals surface area contributed by atoms with Gasteiger partial charge in [0, 0.05) is 6.20 Å². The number of amides is 1. The average Bonchev–Trinajstić information content (AvgIpc) is 2.92. The van der Waals surface area contributed by atoms with Crippen molar-refractivity contribution in [2.24, 2.45) is 0 Å². The molecule has 0 atom stereocenters. The second-order valence-corrected chi connectivity index (χ2v) is 4.53. The molecule has 7 heteroatoms. The summed E-state index contributed by atoms with van der Waals surface area (Å²) in [6.07, 6.45) is 1.46. The standard InChI is InChI=1S/C13H9N3O3S/c14-7-9-4-6-20-12(9)16-11(17)8-19-13(18)10-3-1-2-5-15-10/h1-6H,8H2,(H,16,17). The Morgan fingerprint density at radius 1 is 1.40 bits per heavy atom. The molecule has 0 saturated carbocycles. The van der Waals surface area contributed by atoms with Crippen LogP contribution in [0, 0.1) is 11.3 Å². The molecule has 0 aliphatic carbocycles. The van der Waals surface area contributed by atoms with Gasteiger partial charge >= 0.3 is 5.97 Å². The number of carbonyl (C=O) groups excluding carboxylic acids is 2. The Morgan fingerprint density at radius 3 is 2.95 bits per heavy atom. The van der Waals surface area contributed by atoms with Gasteiger partial charge in [-0.15, -0.1) is 11.3 Å². The molecular weight excluding hydrogens is 278 g/mol. The lowest BCUT2D eigenvalue weighted by atomic mass is 10.3. The Kier molecular flexibility index (Phi) is 4.42. The number of nitrogens with one attached hydrogen (secondary N) is 1. The highest BCUT2D eigenvalue weighted by Gasteiger charge is 2.12. The number of carbonyl (C=O) groups is 2. The zero-order valence-electron chi connectivity index (χ0n) is 10.2. The Balaban J connectivity index is 1.87. The van der Waals surface area contributed by atoms with Crippen molar-refractivity contribution in [2.75, 3.05) is 11.9 Å². The molecule has 0 aliphatic rings. The van der Waals surface area contributed by atoms with Gasteiger partial charge in [0.2, 0.25) is 0 Å². The number of pyridine rings is 1. The van der Waals surface area contributed by atoms with Crippen molar-refractivity contribution in [1.29, 1.82) is 5.26 Å². The van der Waals surface area contributed by atoms with Gasteiger partial charge in [-0.1, -0.05) is 6.07 Å². The molecule has 2 aromatic rings. The second-order valence-electron chi connectivity index (χ2n) is 3.61. The monoisotopic (exact) mass is 287 g/mol. The first kappa shape index (κ1) is 13.7. The van der Waals surface area contributed by atoms with Crippen molar-refractivity contribution in [3.8, 4) is 6.07 Å². The number of rotatable bonds is 4. The highest BCUT2D eigenvalue weighted by Crippen LogP contribution is 2.21. The maximum atomic E-state index is 11.6. The Morgan fingerprint density at radius 2 is 2.25 bits per heavy atom. The smallest absolute Gasteiger partial charge is 0.357 e. The summed E-state index contributed by atoms with van der Waals surface area (Å²) in [5.74, 6) is -1.18. The van der Waals surface area contributed by atoms with Gasteiger partial charge in [-0.05, 0) is 23.6 Å². The maximum Gasteiger partial charge on any atom is 0.357 e. The SMILES string of the molecule is N#Cc1ccsc1NC(=O)COC(=O)c1ccccn1. The van der Waals surface area contributed by atoms with Crippen molar-refractivity contribution in [1.82, 2.24) is 4.98 Å². The highest BCUT2D eigenvalue weighted by atomic mass is 32.1. The van der Waals surface area contributed by atoms with Crippen molar-refractivity contribution < 1.29 is 14.3 Å². The topological polar surface area (TPSA) is 92.1 Å². The van der Waals surface area contributed by atoms with Crippen LogP contribution in [0.15, 0.2) is 35.8 Å². The van der Waals surface area contributed by atoms with Crippen LogP contribution in [-0.2, 0) is 9.53 Å². The van der Waals surface area contributed by atoms with Crippen molar-refractivity contribution in [2.45, 2.75) is 0 Å². The quantitative estimate of drug-likeness (QED) is 0.866. The van der Waals surface area contributed by atoms with E-state index in [-0.39, 0.29) is 5.69 Å². The van der Waals surface area contributed by atoms with E-state index in [0.717, 1.165) is 0 Å². The molecule has 2 rings (SSSR count). The summed E-state index contributed by atoms with van der Waals surface area (Å²) >= 11 is 1.23. The molecule has 0 unspecified atom stereocenters. The third kappa shape index (κ3) is 3.40. The number of esters is 1. The van der Waals surface area contributed by atoms with Gasteiger partial charge in [0.05, 0.1) is 5.56 Å². The van der Waals surface area contributed by atoms with Gasteiger partial charge in [0.15, 0.2) is 6.61 Å². The maximum absolute atomic E-state index is 11.6. The molecular formula is C13H9N3O3S. The van der Waals surface area contributed by atoms with Crippen LogP contribution < -0.4 is 5.32 Å². The fourth-order valence-electron chi connectivity index (χ4n) is 1.35. The Hall–Kier alpha value is -2.72. The summed E-state index contributed by atoms with van der Waals surface area (Å²) < 4.78 is 4.82. The summed E-state index contributed by atoms with van der Waals surface area (Å²) in [4.78, 5) is 27.0. The number of anilines is 1. The predicted molar refractivity (Wildman–Crippen MR) is 72.2 cm³/mol. The number of nitriles is 1. The normalized spacial score (nSPS) is 9.55. The summed E-state index contributed by atoms with van der Waals surface area (Å²) in [5, 5.41) is 13.4. The minimum Gasteiger partial charge on any atom is -0.451 e. The van der Waals surface area contributed by atoms with Crippen LogP contribution >= 0.6 is 11.3 Å². The molecule has 100 valence electrons. The van der Waals surface area contributed by atoms with Crippen LogP contribution in [0.2, 0.25) is 0 Å². The van der Waals surface area contributed by atoms with Crippen LogP contribution in [-0.4, -0.2) is 23.5 Å². The minimum absolute atomic E-state index is 0.133. The highest BCUT2D eigenvalue weighted by molar-refractivity contribution is 7.14. The van der Waals surface area contributed by atoms with E-state index in [4.69, 9.17) is 10.00 Å². The number of thiophene rings is 1. The fraction of sp³-hybridized carbons (Fsp3) is 0.0769. The van der Waals surface area contributed by atoms with Crippen LogP contribution in [0.5, 0.6) is 0 Å². The number of hydrogen-bond donors (Lipinski definition) is 1. The molecule has 0 fully saturated rings. The lowest BCUT2D eigenvalue weighted by molar-refractivity contribution is -0.119. The largest absolute Gasteiger partial charge is 0.451 e. The van der Waals surface area contributed by atoms with Gasteiger partial charge in [-0.3, -0.25) is 4.79 Å². The zero-order chi connectivity index (χ0) is 14.4. The van der Waals surface area contributed by atoms with Crippen LogP contribution in [0.3, 0.4) is 0 Å². The van der Waals surface area contributed by atoms with E-state index >= 15 is 0 Å². The van der Waals surface area contributed by atoms with Gasteiger partial charge in [-0.25, -0.2) is 9.78 Å². The van der Waals surface area contributed by atoms with Gasteiger partial charge in [0.1, 0.15) is 16.8 Å². The molecule has 1 amide bonds. The Bertz CT molecular complexity index is 661. The fourth-order valence-corrected chi connectivity index (χ4v) is 2.10. The van der Waals surface area contributed by atoms with Crippen molar-refractivity contribution in [3.05, 3.63) is 47.1 Å². The summed E-state index contributed by atoms with van der Waals surface area (Å²) in [6, 6.07) is 8.36. The van der Waals surface area contributed by atoms with Crippen LogP contribution in [0.1, 0.15) is 16.1 Å². The number of nitrogens with zero attached hydrogens (tertiary/aromatic N) is 2. The van der Waals surface area contributed by atoms with E-state index in [2.05, 4.69) is 10.3 Å². The second kappa shape index (κ2) is 6.45. The molecule has 2 aromatic heterocycles. The first-order chi connectivity index (χ1) is 9.70. The average molecular weight is 287 g/mol.